The summed E-state index contributed by atoms with van der Waals surface area (Å²) in [6, 6.07) is 0. The molecular weight excluding hydrogens is 121 g/mol. The van der Waals surface area contributed by atoms with E-state index in [4.69, 9.17) is 4.74 Å². The quantitative estimate of drug-likeness (QED) is 0.503. The van der Waals surface area contributed by atoms with Gasteiger partial charge in [-0.25, -0.2) is 4.39 Å². The van der Waals surface area contributed by atoms with Crippen LogP contribution >= 0.6 is 0 Å². The Labute approximate surface area is 53.4 Å². The maximum atomic E-state index is 12.7. The molecule has 2 heterocycles. The van der Waals surface area contributed by atoms with Gasteiger partial charge in [0.15, 0.2) is 0 Å². The molecule has 1 spiro atoms. The molecule has 0 amide bonds. The van der Waals surface area contributed by atoms with Crippen molar-refractivity contribution in [3.05, 3.63) is 0 Å². The first-order valence-corrected chi connectivity index (χ1v) is 3.30. The van der Waals surface area contributed by atoms with Crippen LogP contribution in [-0.4, -0.2) is 31.5 Å². The molecule has 0 aromatic heterocycles. The minimum atomic E-state index is -0.667. The monoisotopic (exact) mass is 131 g/mol. The van der Waals surface area contributed by atoms with Gasteiger partial charge < -0.3 is 10.1 Å². The van der Waals surface area contributed by atoms with Crippen LogP contribution in [0.2, 0.25) is 0 Å². The average Bonchev–Trinajstić information content (AvgIpc) is 2.34. The molecule has 2 fully saturated rings. The zero-order chi connectivity index (χ0) is 6.32. The number of rotatable bonds is 0. The fourth-order valence-corrected chi connectivity index (χ4v) is 1.44. The van der Waals surface area contributed by atoms with E-state index in [0.29, 0.717) is 19.8 Å². The first-order chi connectivity index (χ1) is 4.33. The van der Waals surface area contributed by atoms with E-state index >= 15 is 0 Å². The molecule has 2 rings (SSSR count). The minimum Gasteiger partial charge on any atom is -0.379 e. The summed E-state index contributed by atoms with van der Waals surface area (Å²) in [6.07, 6.45) is 0.175. The van der Waals surface area contributed by atoms with Crippen LogP contribution in [0.25, 0.3) is 0 Å². The third-order valence-corrected chi connectivity index (χ3v) is 2.29. The van der Waals surface area contributed by atoms with Crippen LogP contribution in [-0.2, 0) is 4.74 Å². The van der Waals surface area contributed by atoms with Crippen LogP contribution in [0.15, 0.2) is 0 Å². The molecule has 2 unspecified atom stereocenters. The first-order valence-electron chi connectivity index (χ1n) is 3.30. The average molecular weight is 131 g/mol. The molecule has 2 atom stereocenters. The second kappa shape index (κ2) is 1.67. The summed E-state index contributed by atoms with van der Waals surface area (Å²) in [6.45, 7) is 1.80. The summed E-state index contributed by atoms with van der Waals surface area (Å²) in [5, 5.41) is 3.07. The lowest BCUT2D eigenvalue weighted by Crippen LogP contribution is -2.67. The molecular formula is C6H10FNO. The van der Waals surface area contributed by atoms with Crippen molar-refractivity contribution >= 4 is 0 Å². The van der Waals surface area contributed by atoms with Crippen LogP contribution in [0.4, 0.5) is 4.39 Å². The zero-order valence-electron chi connectivity index (χ0n) is 5.19. The Morgan fingerprint density at radius 1 is 1.67 bits per heavy atom. The molecule has 52 valence electrons. The van der Waals surface area contributed by atoms with E-state index < -0.39 is 6.17 Å². The molecule has 9 heavy (non-hydrogen) atoms. The smallest absolute Gasteiger partial charge is 0.133 e. The number of hydrogen-bond donors (Lipinski definition) is 1. The highest BCUT2D eigenvalue weighted by molar-refractivity contribution is 5.06. The maximum absolute atomic E-state index is 12.7. The van der Waals surface area contributed by atoms with E-state index in [0.717, 1.165) is 6.42 Å². The van der Waals surface area contributed by atoms with Crippen molar-refractivity contribution in [3.8, 4) is 0 Å². The van der Waals surface area contributed by atoms with Gasteiger partial charge in [-0.3, -0.25) is 0 Å². The molecule has 0 radical (unpaired) electrons. The molecule has 1 N–H and O–H groups in total. The van der Waals surface area contributed by atoms with Gasteiger partial charge in [-0.2, -0.15) is 0 Å². The Kier molecular flexibility index (Phi) is 1.04. The number of ether oxygens (including phenoxy) is 1. The minimum absolute atomic E-state index is 0.264. The normalized spacial score (nSPS) is 49.7. The molecule has 2 nitrogen and oxygen atoms in total. The fourth-order valence-electron chi connectivity index (χ4n) is 1.44. The van der Waals surface area contributed by atoms with Crippen LogP contribution in [0.5, 0.6) is 0 Å². The summed E-state index contributed by atoms with van der Waals surface area (Å²) in [5.41, 5.74) is -0.264. The lowest BCUT2D eigenvalue weighted by atomic mass is 9.85. The molecule has 0 bridgehead atoms. The highest BCUT2D eigenvalue weighted by Crippen LogP contribution is 2.30. The van der Waals surface area contributed by atoms with Crippen molar-refractivity contribution in [3.63, 3.8) is 0 Å². The third kappa shape index (κ3) is 0.618. The summed E-state index contributed by atoms with van der Waals surface area (Å²) in [7, 11) is 0. The Balaban J connectivity index is 2.06. The van der Waals surface area contributed by atoms with E-state index in [1.54, 1.807) is 0 Å². The summed E-state index contributed by atoms with van der Waals surface area (Å²) in [4.78, 5) is 0. The largest absolute Gasteiger partial charge is 0.379 e. The van der Waals surface area contributed by atoms with E-state index in [1.165, 1.54) is 0 Å². The van der Waals surface area contributed by atoms with E-state index in [1.807, 2.05) is 0 Å². The fraction of sp³-hybridized carbons (Fsp3) is 1.00. The Morgan fingerprint density at radius 3 is 2.78 bits per heavy atom. The standard InChI is InChI=1S/C6H10FNO/c7-5-3-8-6(5)1-2-9-4-6/h5,8H,1-4H2. The number of hydrogen-bond acceptors (Lipinski definition) is 2. The lowest BCUT2D eigenvalue weighted by Gasteiger charge is -2.42. The second-order valence-corrected chi connectivity index (χ2v) is 2.81. The Morgan fingerprint density at radius 2 is 2.56 bits per heavy atom. The van der Waals surface area contributed by atoms with Gasteiger partial charge in [0.05, 0.1) is 12.1 Å². The van der Waals surface area contributed by atoms with Crippen LogP contribution < -0.4 is 5.32 Å². The van der Waals surface area contributed by atoms with Gasteiger partial charge in [0.25, 0.3) is 0 Å². The van der Waals surface area contributed by atoms with Gasteiger partial charge >= 0.3 is 0 Å². The Hall–Kier alpha value is -0.150. The van der Waals surface area contributed by atoms with Crippen molar-refractivity contribution in [2.24, 2.45) is 0 Å². The number of alkyl halides is 1. The van der Waals surface area contributed by atoms with Crippen molar-refractivity contribution in [2.45, 2.75) is 18.1 Å². The highest BCUT2D eigenvalue weighted by Gasteiger charge is 2.49. The van der Waals surface area contributed by atoms with Gasteiger partial charge in [0, 0.05) is 13.2 Å². The predicted molar refractivity (Wildman–Crippen MR) is 31.1 cm³/mol. The molecule has 3 heteroatoms. The molecule has 0 aromatic carbocycles. The Bertz CT molecular complexity index is 122. The predicted octanol–water partition coefficient (Wildman–Crippen LogP) is 0.0868. The molecule has 2 aliphatic heterocycles. The van der Waals surface area contributed by atoms with Crippen LogP contribution in [0.3, 0.4) is 0 Å². The lowest BCUT2D eigenvalue weighted by molar-refractivity contribution is 0.0431. The van der Waals surface area contributed by atoms with E-state index in [2.05, 4.69) is 5.32 Å². The van der Waals surface area contributed by atoms with Crippen LogP contribution in [0, 0.1) is 0 Å². The topological polar surface area (TPSA) is 21.3 Å². The molecule has 2 aliphatic rings. The summed E-state index contributed by atoms with van der Waals surface area (Å²) < 4.78 is 17.8. The molecule has 2 saturated heterocycles. The summed E-state index contributed by atoms with van der Waals surface area (Å²) in [5.74, 6) is 0. The second-order valence-electron chi connectivity index (χ2n) is 2.81. The van der Waals surface area contributed by atoms with Gasteiger partial charge in [-0.1, -0.05) is 0 Å². The SMILES string of the molecule is FC1CNC12CCOC2. The van der Waals surface area contributed by atoms with Gasteiger partial charge in [-0.05, 0) is 6.42 Å². The van der Waals surface area contributed by atoms with Crippen LogP contribution in [0.1, 0.15) is 6.42 Å². The van der Waals surface area contributed by atoms with Crippen molar-refractivity contribution in [2.75, 3.05) is 19.8 Å². The van der Waals surface area contributed by atoms with Gasteiger partial charge in [0.1, 0.15) is 6.17 Å². The van der Waals surface area contributed by atoms with Gasteiger partial charge in [0.2, 0.25) is 0 Å². The van der Waals surface area contributed by atoms with E-state index in [9.17, 15) is 4.39 Å². The third-order valence-electron chi connectivity index (χ3n) is 2.29. The molecule has 0 saturated carbocycles. The number of nitrogens with one attached hydrogen (secondary N) is 1. The van der Waals surface area contributed by atoms with Crippen molar-refractivity contribution in [1.29, 1.82) is 0 Å². The number of halogens is 1. The maximum Gasteiger partial charge on any atom is 0.133 e. The zero-order valence-corrected chi connectivity index (χ0v) is 5.19. The van der Waals surface area contributed by atoms with Crippen molar-refractivity contribution in [1.82, 2.24) is 5.32 Å². The van der Waals surface area contributed by atoms with Crippen molar-refractivity contribution < 1.29 is 9.13 Å². The first kappa shape index (κ1) is 5.62. The summed E-state index contributed by atoms with van der Waals surface area (Å²) >= 11 is 0. The van der Waals surface area contributed by atoms with Gasteiger partial charge in [-0.15, -0.1) is 0 Å². The molecule has 0 aromatic rings. The van der Waals surface area contributed by atoms with E-state index in [-0.39, 0.29) is 5.54 Å². The molecule has 0 aliphatic carbocycles. The highest BCUT2D eigenvalue weighted by atomic mass is 19.1.